The molecule has 90 valence electrons. The number of nitrogens with two attached hydrogens (primary N) is 1. The van der Waals surface area contributed by atoms with E-state index in [1.54, 1.807) is 0 Å². The van der Waals surface area contributed by atoms with E-state index in [4.69, 9.17) is 10.8 Å². The summed E-state index contributed by atoms with van der Waals surface area (Å²) in [6.45, 7) is 7.05. The minimum absolute atomic E-state index is 0.183. The van der Waals surface area contributed by atoms with E-state index in [0.717, 1.165) is 24.3 Å². The molecule has 5 heteroatoms. The van der Waals surface area contributed by atoms with Crippen LogP contribution in [0.1, 0.15) is 25.8 Å². The van der Waals surface area contributed by atoms with Gasteiger partial charge in [-0.2, -0.15) is 0 Å². The van der Waals surface area contributed by atoms with Crippen molar-refractivity contribution in [2.75, 3.05) is 23.8 Å². The van der Waals surface area contributed by atoms with Gasteiger partial charge in [0.2, 0.25) is 0 Å². The third kappa shape index (κ3) is 2.82. The van der Waals surface area contributed by atoms with Gasteiger partial charge in [-0.15, -0.1) is 0 Å². The first-order valence-corrected chi connectivity index (χ1v) is 5.52. The zero-order chi connectivity index (χ0) is 12.1. The van der Waals surface area contributed by atoms with Gasteiger partial charge >= 0.3 is 0 Å². The zero-order valence-corrected chi connectivity index (χ0v) is 10.1. The molecule has 1 heterocycles. The van der Waals surface area contributed by atoms with E-state index in [0.29, 0.717) is 11.9 Å². The van der Waals surface area contributed by atoms with Crippen LogP contribution in [0.15, 0.2) is 6.33 Å². The van der Waals surface area contributed by atoms with Gasteiger partial charge in [-0.1, -0.05) is 0 Å². The van der Waals surface area contributed by atoms with Crippen LogP contribution >= 0.6 is 0 Å². The maximum Gasteiger partial charge on any atom is 0.137 e. The fourth-order valence-electron chi connectivity index (χ4n) is 1.59. The monoisotopic (exact) mass is 224 g/mol. The zero-order valence-electron chi connectivity index (χ0n) is 10.1. The molecule has 16 heavy (non-hydrogen) atoms. The van der Waals surface area contributed by atoms with Crippen LogP contribution in [-0.4, -0.2) is 34.3 Å². The second-order valence-electron chi connectivity index (χ2n) is 4.07. The molecule has 0 aliphatic carbocycles. The summed E-state index contributed by atoms with van der Waals surface area (Å²) >= 11 is 0. The Labute approximate surface area is 96.3 Å². The summed E-state index contributed by atoms with van der Waals surface area (Å²) in [5.41, 5.74) is 6.66. The molecule has 0 saturated heterocycles. The third-order valence-electron chi connectivity index (χ3n) is 2.55. The number of anilines is 2. The molecule has 0 saturated carbocycles. The van der Waals surface area contributed by atoms with Crippen molar-refractivity contribution in [1.82, 2.24) is 9.97 Å². The van der Waals surface area contributed by atoms with Gasteiger partial charge in [-0.05, 0) is 27.2 Å². The molecule has 1 aromatic heterocycles. The lowest BCUT2D eigenvalue weighted by atomic mass is 10.2. The van der Waals surface area contributed by atoms with Crippen LogP contribution in [0.3, 0.4) is 0 Å². The Kier molecular flexibility index (Phi) is 4.49. The number of aliphatic hydroxyl groups excluding tert-OH is 1. The SMILES string of the molecule is Cc1c(N)ncnc1N(CCCO)C(C)C. The highest BCUT2D eigenvalue weighted by Gasteiger charge is 2.15. The smallest absolute Gasteiger partial charge is 0.137 e. The lowest BCUT2D eigenvalue weighted by Gasteiger charge is -2.29. The first-order chi connectivity index (χ1) is 7.57. The molecule has 0 aromatic carbocycles. The molecule has 3 N–H and O–H groups in total. The van der Waals surface area contributed by atoms with Gasteiger partial charge in [0.25, 0.3) is 0 Å². The lowest BCUT2D eigenvalue weighted by molar-refractivity contribution is 0.288. The van der Waals surface area contributed by atoms with Crippen LogP contribution in [0.4, 0.5) is 11.6 Å². The number of hydrogen-bond donors (Lipinski definition) is 2. The Hall–Kier alpha value is -1.36. The van der Waals surface area contributed by atoms with Crippen molar-refractivity contribution in [1.29, 1.82) is 0 Å². The van der Waals surface area contributed by atoms with Crippen LogP contribution in [0.25, 0.3) is 0 Å². The highest BCUT2D eigenvalue weighted by molar-refractivity contribution is 5.55. The summed E-state index contributed by atoms with van der Waals surface area (Å²) in [4.78, 5) is 10.3. The van der Waals surface area contributed by atoms with E-state index < -0.39 is 0 Å². The van der Waals surface area contributed by atoms with Crippen molar-refractivity contribution >= 4 is 11.6 Å². The van der Waals surface area contributed by atoms with Gasteiger partial charge in [0.15, 0.2) is 0 Å². The molecular weight excluding hydrogens is 204 g/mol. The van der Waals surface area contributed by atoms with Crippen molar-refractivity contribution in [2.24, 2.45) is 0 Å². The Balaban J connectivity index is 2.96. The van der Waals surface area contributed by atoms with Gasteiger partial charge in [0, 0.05) is 24.8 Å². The Morgan fingerprint density at radius 1 is 1.44 bits per heavy atom. The van der Waals surface area contributed by atoms with Crippen LogP contribution in [-0.2, 0) is 0 Å². The second-order valence-corrected chi connectivity index (χ2v) is 4.07. The van der Waals surface area contributed by atoms with E-state index in [-0.39, 0.29) is 6.61 Å². The summed E-state index contributed by atoms with van der Waals surface area (Å²) in [7, 11) is 0. The predicted molar refractivity (Wildman–Crippen MR) is 65.4 cm³/mol. The largest absolute Gasteiger partial charge is 0.396 e. The van der Waals surface area contributed by atoms with Gasteiger partial charge in [0.1, 0.15) is 18.0 Å². The molecule has 0 unspecified atom stereocenters. The molecule has 0 bridgehead atoms. The third-order valence-corrected chi connectivity index (χ3v) is 2.55. The summed E-state index contributed by atoms with van der Waals surface area (Å²) in [6.07, 6.45) is 2.20. The first-order valence-electron chi connectivity index (χ1n) is 5.52. The van der Waals surface area contributed by atoms with Crippen molar-refractivity contribution < 1.29 is 5.11 Å². The molecule has 0 aliphatic rings. The number of aromatic nitrogens is 2. The summed E-state index contributed by atoms with van der Waals surface area (Å²) in [5.74, 6) is 1.37. The molecule has 0 spiro atoms. The number of hydrogen-bond acceptors (Lipinski definition) is 5. The van der Waals surface area contributed by atoms with Gasteiger partial charge in [-0.25, -0.2) is 9.97 Å². The van der Waals surface area contributed by atoms with Gasteiger partial charge in [0.05, 0.1) is 0 Å². The van der Waals surface area contributed by atoms with Crippen molar-refractivity contribution in [3.8, 4) is 0 Å². The van der Waals surface area contributed by atoms with E-state index in [1.807, 2.05) is 6.92 Å². The molecular formula is C11H20N4O. The van der Waals surface area contributed by atoms with Gasteiger partial charge < -0.3 is 15.7 Å². The lowest BCUT2D eigenvalue weighted by Crippen LogP contribution is -2.33. The first kappa shape index (κ1) is 12.7. The minimum Gasteiger partial charge on any atom is -0.396 e. The maximum atomic E-state index is 8.88. The summed E-state index contributed by atoms with van der Waals surface area (Å²) < 4.78 is 0. The molecule has 1 aromatic rings. The van der Waals surface area contributed by atoms with Crippen LogP contribution in [0, 0.1) is 6.92 Å². The normalized spacial score (nSPS) is 10.8. The molecule has 1 rings (SSSR count). The second kappa shape index (κ2) is 5.65. The average Bonchev–Trinajstić information content (AvgIpc) is 2.24. The maximum absolute atomic E-state index is 8.88. The molecule has 0 amide bonds. The Morgan fingerprint density at radius 2 is 2.12 bits per heavy atom. The van der Waals surface area contributed by atoms with Crippen molar-refractivity contribution in [2.45, 2.75) is 33.2 Å². The van der Waals surface area contributed by atoms with Crippen molar-refractivity contribution in [3.05, 3.63) is 11.9 Å². The Morgan fingerprint density at radius 3 is 2.69 bits per heavy atom. The fourth-order valence-corrected chi connectivity index (χ4v) is 1.59. The van der Waals surface area contributed by atoms with Crippen LogP contribution < -0.4 is 10.6 Å². The number of rotatable bonds is 5. The van der Waals surface area contributed by atoms with Crippen LogP contribution in [0.5, 0.6) is 0 Å². The standard InChI is InChI=1S/C11H20N4O/c1-8(2)15(5-4-6-16)11-9(3)10(12)13-7-14-11/h7-8,16H,4-6H2,1-3H3,(H2,12,13,14). The molecule has 0 fully saturated rings. The highest BCUT2D eigenvalue weighted by atomic mass is 16.3. The van der Waals surface area contributed by atoms with Crippen LogP contribution in [0.2, 0.25) is 0 Å². The molecule has 0 radical (unpaired) electrons. The van der Waals surface area contributed by atoms with Crippen molar-refractivity contribution in [3.63, 3.8) is 0 Å². The van der Waals surface area contributed by atoms with E-state index >= 15 is 0 Å². The van der Waals surface area contributed by atoms with E-state index in [1.165, 1.54) is 6.33 Å². The predicted octanol–water partition coefficient (Wildman–Crippen LogP) is 0.964. The average molecular weight is 224 g/mol. The molecule has 0 atom stereocenters. The number of nitrogens with zero attached hydrogens (tertiary/aromatic N) is 3. The topological polar surface area (TPSA) is 75.3 Å². The quantitative estimate of drug-likeness (QED) is 0.779. The number of nitrogen functional groups attached to an aromatic ring is 1. The summed E-state index contributed by atoms with van der Waals surface area (Å²) in [5, 5.41) is 8.88. The number of aliphatic hydroxyl groups is 1. The highest BCUT2D eigenvalue weighted by Crippen LogP contribution is 2.21. The fraction of sp³-hybridized carbons (Fsp3) is 0.636. The van der Waals surface area contributed by atoms with E-state index in [9.17, 15) is 0 Å². The molecule has 0 aliphatic heterocycles. The Bertz CT molecular complexity index is 341. The van der Waals surface area contributed by atoms with E-state index in [2.05, 4.69) is 28.7 Å². The van der Waals surface area contributed by atoms with Gasteiger partial charge in [-0.3, -0.25) is 0 Å². The molecule has 5 nitrogen and oxygen atoms in total. The minimum atomic E-state index is 0.183. The summed E-state index contributed by atoms with van der Waals surface area (Å²) in [6, 6.07) is 0.319.